The standard InChI is InChI=1S/C11H17BrN2S/c1-8-5-14(4-3-11(8)12)6-10-7-15-9(2)13-10/h7-8,11H,3-6H2,1-2H3. The van der Waals surface area contributed by atoms with Crippen LogP contribution in [-0.2, 0) is 6.54 Å². The molecule has 0 aromatic carbocycles. The maximum absolute atomic E-state index is 4.51. The van der Waals surface area contributed by atoms with Crippen molar-refractivity contribution in [3.8, 4) is 0 Å². The topological polar surface area (TPSA) is 16.1 Å². The zero-order valence-electron chi connectivity index (χ0n) is 9.24. The lowest BCUT2D eigenvalue weighted by Crippen LogP contribution is -2.39. The Bertz CT molecular complexity index is 326. The van der Waals surface area contributed by atoms with Gasteiger partial charge in [-0.05, 0) is 25.8 Å². The number of alkyl halides is 1. The molecule has 15 heavy (non-hydrogen) atoms. The van der Waals surface area contributed by atoms with Crippen LogP contribution in [0.2, 0.25) is 0 Å². The molecule has 0 amide bonds. The van der Waals surface area contributed by atoms with Crippen LogP contribution < -0.4 is 0 Å². The Hall–Kier alpha value is 0.0700. The number of likely N-dealkylation sites (tertiary alicyclic amines) is 1. The van der Waals surface area contributed by atoms with E-state index < -0.39 is 0 Å². The summed E-state index contributed by atoms with van der Waals surface area (Å²) in [5.41, 5.74) is 1.23. The average Bonchev–Trinajstić information content (AvgIpc) is 2.58. The Kier molecular flexibility index (Phi) is 3.80. The van der Waals surface area contributed by atoms with Gasteiger partial charge in [-0.2, -0.15) is 0 Å². The van der Waals surface area contributed by atoms with Crippen molar-refractivity contribution in [1.29, 1.82) is 0 Å². The summed E-state index contributed by atoms with van der Waals surface area (Å²) in [5, 5.41) is 3.36. The van der Waals surface area contributed by atoms with Crippen LogP contribution in [0.3, 0.4) is 0 Å². The van der Waals surface area contributed by atoms with Crippen molar-refractivity contribution < 1.29 is 0 Å². The lowest BCUT2D eigenvalue weighted by atomic mass is 10.00. The predicted octanol–water partition coefficient (Wildman–Crippen LogP) is 3.06. The number of hydrogen-bond acceptors (Lipinski definition) is 3. The van der Waals surface area contributed by atoms with E-state index in [1.165, 1.54) is 30.2 Å². The normalized spacial score (nSPS) is 28.2. The van der Waals surface area contributed by atoms with Gasteiger partial charge in [0.1, 0.15) is 0 Å². The van der Waals surface area contributed by atoms with Crippen molar-refractivity contribution in [2.75, 3.05) is 13.1 Å². The molecule has 1 aromatic heterocycles. The van der Waals surface area contributed by atoms with Crippen LogP contribution in [0, 0.1) is 12.8 Å². The number of hydrogen-bond donors (Lipinski definition) is 0. The highest BCUT2D eigenvalue weighted by atomic mass is 79.9. The molecule has 0 spiro atoms. The second kappa shape index (κ2) is 4.93. The Morgan fingerprint density at radius 3 is 3.07 bits per heavy atom. The molecule has 4 heteroatoms. The molecular formula is C11H17BrN2S. The first-order valence-electron chi connectivity index (χ1n) is 5.42. The summed E-state index contributed by atoms with van der Waals surface area (Å²) in [6.45, 7) is 7.79. The lowest BCUT2D eigenvalue weighted by molar-refractivity contribution is 0.182. The van der Waals surface area contributed by atoms with Crippen LogP contribution >= 0.6 is 27.3 Å². The zero-order valence-corrected chi connectivity index (χ0v) is 11.6. The molecular weight excluding hydrogens is 272 g/mol. The second-order valence-corrected chi connectivity index (χ2v) is 6.61. The summed E-state index contributed by atoms with van der Waals surface area (Å²) in [7, 11) is 0. The van der Waals surface area contributed by atoms with E-state index in [4.69, 9.17) is 0 Å². The van der Waals surface area contributed by atoms with Gasteiger partial charge in [-0.3, -0.25) is 4.90 Å². The van der Waals surface area contributed by atoms with Gasteiger partial charge in [-0.15, -0.1) is 11.3 Å². The summed E-state index contributed by atoms with van der Waals surface area (Å²) >= 11 is 5.48. The largest absolute Gasteiger partial charge is 0.297 e. The van der Waals surface area contributed by atoms with E-state index in [-0.39, 0.29) is 0 Å². The number of rotatable bonds is 2. The highest BCUT2D eigenvalue weighted by Gasteiger charge is 2.24. The summed E-state index contributed by atoms with van der Waals surface area (Å²) in [4.78, 5) is 7.72. The first kappa shape index (κ1) is 11.6. The fourth-order valence-electron chi connectivity index (χ4n) is 2.06. The lowest BCUT2D eigenvalue weighted by Gasteiger charge is -2.33. The molecule has 1 aromatic rings. The van der Waals surface area contributed by atoms with Gasteiger partial charge in [0.2, 0.25) is 0 Å². The quantitative estimate of drug-likeness (QED) is 0.778. The van der Waals surface area contributed by atoms with E-state index in [0.717, 1.165) is 12.5 Å². The van der Waals surface area contributed by atoms with Crippen LogP contribution in [0.1, 0.15) is 24.0 Å². The van der Waals surface area contributed by atoms with E-state index in [9.17, 15) is 0 Å². The minimum absolute atomic E-state index is 0.700. The highest BCUT2D eigenvalue weighted by Crippen LogP contribution is 2.24. The minimum Gasteiger partial charge on any atom is -0.297 e. The Morgan fingerprint density at radius 1 is 1.67 bits per heavy atom. The van der Waals surface area contributed by atoms with E-state index >= 15 is 0 Å². The predicted molar refractivity (Wildman–Crippen MR) is 68.6 cm³/mol. The van der Waals surface area contributed by atoms with Crippen LogP contribution in [-0.4, -0.2) is 27.8 Å². The Morgan fingerprint density at radius 2 is 2.47 bits per heavy atom. The van der Waals surface area contributed by atoms with Crippen molar-refractivity contribution in [3.63, 3.8) is 0 Å². The number of aromatic nitrogens is 1. The van der Waals surface area contributed by atoms with Crippen molar-refractivity contribution in [1.82, 2.24) is 9.88 Å². The Balaban J connectivity index is 1.90. The smallest absolute Gasteiger partial charge is 0.0897 e. The Labute approximate surface area is 104 Å². The fraction of sp³-hybridized carbons (Fsp3) is 0.727. The number of thiazole rings is 1. The SMILES string of the molecule is Cc1nc(CN2CCC(Br)C(C)C2)cs1. The van der Waals surface area contributed by atoms with Gasteiger partial charge in [-0.1, -0.05) is 22.9 Å². The molecule has 0 N–H and O–H groups in total. The number of nitrogens with zero attached hydrogens (tertiary/aromatic N) is 2. The molecule has 0 radical (unpaired) electrons. The summed E-state index contributed by atoms with van der Waals surface area (Å²) < 4.78 is 0. The molecule has 2 nitrogen and oxygen atoms in total. The molecule has 0 aliphatic carbocycles. The zero-order chi connectivity index (χ0) is 10.8. The van der Waals surface area contributed by atoms with Crippen molar-refractivity contribution in [2.24, 2.45) is 5.92 Å². The fourth-order valence-corrected chi connectivity index (χ4v) is 3.03. The molecule has 2 rings (SSSR count). The van der Waals surface area contributed by atoms with Crippen LogP contribution in [0.5, 0.6) is 0 Å². The minimum atomic E-state index is 0.700. The molecule has 2 atom stereocenters. The maximum Gasteiger partial charge on any atom is 0.0897 e. The van der Waals surface area contributed by atoms with Crippen LogP contribution in [0.15, 0.2) is 5.38 Å². The summed E-state index contributed by atoms with van der Waals surface area (Å²) in [6, 6.07) is 0. The van der Waals surface area contributed by atoms with Crippen LogP contribution in [0.4, 0.5) is 0 Å². The second-order valence-electron chi connectivity index (χ2n) is 4.37. The monoisotopic (exact) mass is 288 g/mol. The van der Waals surface area contributed by atoms with Gasteiger partial charge < -0.3 is 0 Å². The summed E-state index contributed by atoms with van der Waals surface area (Å²) in [6.07, 6.45) is 1.25. The average molecular weight is 289 g/mol. The van der Waals surface area contributed by atoms with Gasteiger partial charge >= 0.3 is 0 Å². The molecule has 0 saturated carbocycles. The number of halogens is 1. The van der Waals surface area contributed by atoms with Crippen LogP contribution in [0.25, 0.3) is 0 Å². The first-order chi connectivity index (χ1) is 7.15. The maximum atomic E-state index is 4.51. The third-order valence-corrected chi connectivity index (χ3v) is 5.12. The van der Waals surface area contributed by atoms with Crippen molar-refractivity contribution >= 4 is 27.3 Å². The number of piperidine rings is 1. The molecule has 2 heterocycles. The highest BCUT2D eigenvalue weighted by molar-refractivity contribution is 9.09. The number of aryl methyl sites for hydroxylation is 1. The molecule has 0 bridgehead atoms. The third-order valence-electron chi connectivity index (χ3n) is 2.94. The van der Waals surface area contributed by atoms with Gasteiger partial charge in [0, 0.05) is 23.3 Å². The molecule has 1 saturated heterocycles. The molecule has 84 valence electrons. The molecule has 1 aliphatic heterocycles. The van der Waals surface area contributed by atoms with Gasteiger partial charge in [0.15, 0.2) is 0 Å². The van der Waals surface area contributed by atoms with Crippen molar-refractivity contribution in [2.45, 2.75) is 31.6 Å². The van der Waals surface area contributed by atoms with Gasteiger partial charge in [0.25, 0.3) is 0 Å². The molecule has 1 aliphatic rings. The molecule has 1 fully saturated rings. The van der Waals surface area contributed by atoms with Gasteiger partial charge in [0.05, 0.1) is 10.7 Å². The van der Waals surface area contributed by atoms with E-state index in [2.05, 4.69) is 45.0 Å². The summed E-state index contributed by atoms with van der Waals surface area (Å²) in [5.74, 6) is 0.749. The first-order valence-corrected chi connectivity index (χ1v) is 7.22. The van der Waals surface area contributed by atoms with E-state index in [1.807, 2.05) is 0 Å². The van der Waals surface area contributed by atoms with E-state index in [0.29, 0.717) is 4.83 Å². The van der Waals surface area contributed by atoms with E-state index in [1.54, 1.807) is 11.3 Å². The molecule has 2 unspecified atom stereocenters. The van der Waals surface area contributed by atoms with Gasteiger partial charge in [-0.25, -0.2) is 4.98 Å². The third kappa shape index (κ3) is 3.02. The van der Waals surface area contributed by atoms with Crippen molar-refractivity contribution in [3.05, 3.63) is 16.1 Å².